The molecule has 0 aliphatic rings. The smallest absolute Gasteiger partial charge is 0.337 e. The number of ether oxygens (including phenoxy) is 2. The second kappa shape index (κ2) is 7.17. The predicted molar refractivity (Wildman–Crippen MR) is 105 cm³/mol. The summed E-state index contributed by atoms with van der Waals surface area (Å²) in [5.74, 6) is 0.692. The van der Waals surface area contributed by atoms with Gasteiger partial charge in [-0.1, -0.05) is 29.8 Å². The number of aromatic nitrogens is 2. The van der Waals surface area contributed by atoms with Gasteiger partial charge in [-0.05, 0) is 36.8 Å². The number of nitrogens with zero attached hydrogens (tertiary/aromatic N) is 2. The fraction of sp³-hybridized carbons (Fsp3) is 0.0952. The molecular formula is C21H16N2O3S. The van der Waals surface area contributed by atoms with Crippen LogP contribution in [-0.2, 0) is 4.74 Å². The number of methoxy groups -OCH3 is 1. The van der Waals surface area contributed by atoms with Crippen LogP contribution < -0.4 is 4.74 Å². The van der Waals surface area contributed by atoms with E-state index in [9.17, 15) is 4.79 Å². The van der Waals surface area contributed by atoms with Crippen molar-refractivity contribution in [2.24, 2.45) is 0 Å². The summed E-state index contributed by atoms with van der Waals surface area (Å²) in [5.41, 5.74) is 3.80. The van der Waals surface area contributed by atoms with Gasteiger partial charge in [-0.25, -0.2) is 14.8 Å². The van der Waals surface area contributed by atoms with Crippen molar-refractivity contribution in [2.75, 3.05) is 7.11 Å². The van der Waals surface area contributed by atoms with Crippen molar-refractivity contribution in [1.82, 2.24) is 9.97 Å². The molecule has 0 aliphatic carbocycles. The highest BCUT2D eigenvalue weighted by molar-refractivity contribution is 7.17. The lowest BCUT2D eigenvalue weighted by atomic mass is 10.0. The van der Waals surface area contributed by atoms with E-state index in [1.807, 2.05) is 0 Å². The molecule has 2 heterocycles. The summed E-state index contributed by atoms with van der Waals surface area (Å²) in [6.45, 7) is 2.06. The number of hydrogen-bond acceptors (Lipinski definition) is 6. The molecule has 27 heavy (non-hydrogen) atoms. The molecule has 0 unspecified atom stereocenters. The highest BCUT2D eigenvalue weighted by Crippen LogP contribution is 2.39. The number of fused-ring (bicyclic) bond motifs is 1. The first-order chi connectivity index (χ1) is 13.2. The summed E-state index contributed by atoms with van der Waals surface area (Å²) < 4.78 is 10.7. The summed E-state index contributed by atoms with van der Waals surface area (Å²) in [6.07, 6.45) is 1.50. The lowest BCUT2D eigenvalue weighted by Gasteiger charge is -2.08. The molecule has 4 rings (SSSR count). The van der Waals surface area contributed by atoms with E-state index < -0.39 is 0 Å². The molecule has 5 nitrogen and oxygen atoms in total. The van der Waals surface area contributed by atoms with Crippen molar-refractivity contribution in [3.05, 3.63) is 71.4 Å². The van der Waals surface area contributed by atoms with Crippen LogP contribution in [0.5, 0.6) is 11.6 Å². The van der Waals surface area contributed by atoms with Gasteiger partial charge in [-0.15, -0.1) is 11.3 Å². The first-order valence-corrected chi connectivity index (χ1v) is 9.19. The Morgan fingerprint density at radius 1 is 1.00 bits per heavy atom. The number of carbonyl (C=O) groups is 1. The van der Waals surface area contributed by atoms with Gasteiger partial charge in [0.25, 0.3) is 0 Å². The number of benzene rings is 2. The molecule has 0 bridgehead atoms. The van der Waals surface area contributed by atoms with E-state index in [1.54, 1.807) is 35.6 Å². The van der Waals surface area contributed by atoms with Crippen molar-refractivity contribution in [3.63, 3.8) is 0 Å². The van der Waals surface area contributed by atoms with Gasteiger partial charge in [0.1, 0.15) is 16.9 Å². The minimum atomic E-state index is -0.384. The Morgan fingerprint density at radius 3 is 2.44 bits per heavy atom. The van der Waals surface area contributed by atoms with Crippen LogP contribution in [0, 0.1) is 6.92 Å². The number of rotatable bonds is 4. The largest absolute Gasteiger partial charge is 0.465 e. The number of esters is 1. The third-order valence-corrected chi connectivity index (χ3v) is 5.07. The molecule has 4 aromatic rings. The van der Waals surface area contributed by atoms with Gasteiger partial charge in [0.05, 0.1) is 18.1 Å². The monoisotopic (exact) mass is 376 g/mol. The highest BCUT2D eigenvalue weighted by atomic mass is 32.1. The molecule has 134 valence electrons. The van der Waals surface area contributed by atoms with E-state index in [4.69, 9.17) is 9.47 Å². The Bertz CT molecular complexity index is 1100. The fourth-order valence-corrected chi connectivity index (χ4v) is 3.67. The Balaban J connectivity index is 1.73. The normalized spacial score (nSPS) is 10.7. The summed E-state index contributed by atoms with van der Waals surface area (Å²) in [6, 6.07) is 15.1. The Morgan fingerprint density at radius 2 is 1.74 bits per heavy atom. The quantitative estimate of drug-likeness (QED) is 0.456. The summed E-state index contributed by atoms with van der Waals surface area (Å²) in [7, 11) is 1.35. The van der Waals surface area contributed by atoms with Crippen LogP contribution in [0.25, 0.3) is 21.3 Å². The molecule has 0 fully saturated rings. The van der Waals surface area contributed by atoms with E-state index in [2.05, 4.69) is 46.5 Å². The molecule has 0 atom stereocenters. The zero-order valence-corrected chi connectivity index (χ0v) is 15.6. The van der Waals surface area contributed by atoms with Gasteiger partial charge in [-0.3, -0.25) is 0 Å². The van der Waals surface area contributed by atoms with Gasteiger partial charge in [0.2, 0.25) is 5.88 Å². The van der Waals surface area contributed by atoms with Crippen LogP contribution in [0.4, 0.5) is 0 Å². The van der Waals surface area contributed by atoms with Crippen molar-refractivity contribution in [2.45, 2.75) is 6.92 Å². The molecule has 0 radical (unpaired) electrons. The van der Waals surface area contributed by atoms with Gasteiger partial charge in [0.15, 0.2) is 0 Å². The zero-order chi connectivity index (χ0) is 18.8. The Kier molecular flexibility index (Phi) is 4.56. The van der Waals surface area contributed by atoms with E-state index in [1.165, 1.54) is 19.0 Å². The number of hydrogen-bond donors (Lipinski definition) is 0. The molecule has 0 amide bonds. The standard InChI is InChI=1S/C21H16N2O3S/c1-13-3-5-14(6-4-13)17-11-27-20-18(17)19(22-12-23-20)26-16-9-7-15(8-10-16)21(24)25-2/h3-12H,1-2H3. The maximum absolute atomic E-state index is 11.6. The molecule has 0 aliphatic heterocycles. The number of aryl methyl sites for hydroxylation is 1. The number of thiophene rings is 1. The molecule has 0 saturated carbocycles. The second-order valence-corrected chi connectivity index (χ2v) is 6.85. The average molecular weight is 376 g/mol. The van der Waals surface area contributed by atoms with Gasteiger partial charge in [0, 0.05) is 10.9 Å². The van der Waals surface area contributed by atoms with Crippen molar-refractivity contribution >= 4 is 27.5 Å². The zero-order valence-electron chi connectivity index (χ0n) is 14.8. The van der Waals surface area contributed by atoms with Crippen LogP contribution in [0.1, 0.15) is 15.9 Å². The molecule has 6 heteroatoms. The molecule has 0 spiro atoms. The lowest BCUT2D eigenvalue weighted by Crippen LogP contribution is -2.00. The van der Waals surface area contributed by atoms with E-state index in [0.717, 1.165) is 21.3 Å². The van der Waals surface area contributed by atoms with Crippen LogP contribution in [0.3, 0.4) is 0 Å². The van der Waals surface area contributed by atoms with Crippen LogP contribution in [-0.4, -0.2) is 23.0 Å². The van der Waals surface area contributed by atoms with E-state index >= 15 is 0 Å². The van der Waals surface area contributed by atoms with Gasteiger partial charge in [-0.2, -0.15) is 0 Å². The maximum atomic E-state index is 11.6. The van der Waals surface area contributed by atoms with Crippen LogP contribution in [0.2, 0.25) is 0 Å². The Labute approximate surface area is 160 Å². The van der Waals surface area contributed by atoms with E-state index in [-0.39, 0.29) is 5.97 Å². The van der Waals surface area contributed by atoms with E-state index in [0.29, 0.717) is 17.2 Å². The average Bonchev–Trinajstić information content (AvgIpc) is 3.14. The summed E-state index contributed by atoms with van der Waals surface area (Å²) in [4.78, 5) is 21.1. The topological polar surface area (TPSA) is 61.3 Å². The van der Waals surface area contributed by atoms with Crippen molar-refractivity contribution < 1.29 is 14.3 Å². The van der Waals surface area contributed by atoms with Crippen molar-refractivity contribution in [1.29, 1.82) is 0 Å². The Hall–Kier alpha value is -3.25. The molecule has 2 aromatic heterocycles. The SMILES string of the molecule is COC(=O)c1ccc(Oc2ncnc3scc(-c4ccc(C)cc4)c23)cc1. The van der Waals surface area contributed by atoms with Gasteiger partial charge < -0.3 is 9.47 Å². The third-order valence-electron chi connectivity index (χ3n) is 4.19. The fourth-order valence-electron chi connectivity index (χ4n) is 2.76. The minimum Gasteiger partial charge on any atom is -0.465 e. The van der Waals surface area contributed by atoms with Crippen LogP contribution in [0.15, 0.2) is 60.2 Å². The second-order valence-electron chi connectivity index (χ2n) is 5.99. The molecule has 2 aromatic carbocycles. The van der Waals surface area contributed by atoms with Crippen LogP contribution >= 0.6 is 11.3 Å². The molecule has 0 saturated heterocycles. The molecule has 0 N–H and O–H groups in total. The summed E-state index contributed by atoms with van der Waals surface area (Å²) >= 11 is 1.55. The third kappa shape index (κ3) is 3.39. The first-order valence-electron chi connectivity index (χ1n) is 8.31. The first kappa shape index (κ1) is 17.2. The molecular weight excluding hydrogens is 360 g/mol. The summed E-state index contributed by atoms with van der Waals surface area (Å²) in [5, 5.41) is 2.94. The minimum absolute atomic E-state index is 0.384. The van der Waals surface area contributed by atoms with Gasteiger partial charge >= 0.3 is 5.97 Å². The maximum Gasteiger partial charge on any atom is 0.337 e. The lowest BCUT2D eigenvalue weighted by molar-refractivity contribution is 0.0600. The predicted octanol–water partition coefficient (Wildman–Crippen LogP) is 5.25. The highest BCUT2D eigenvalue weighted by Gasteiger charge is 2.15. The van der Waals surface area contributed by atoms with Crippen molar-refractivity contribution in [3.8, 4) is 22.8 Å². The number of carbonyl (C=O) groups excluding carboxylic acids is 1.